The molecule has 1 amide bonds. The van der Waals surface area contributed by atoms with Crippen LogP contribution in [-0.4, -0.2) is 41.7 Å². The summed E-state index contributed by atoms with van der Waals surface area (Å²) in [6.07, 6.45) is 0.307. The summed E-state index contributed by atoms with van der Waals surface area (Å²) in [5.74, 6) is 1.59. The van der Waals surface area contributed by atoms with E-state index in [0.717, 1.165) is 5.56 Å². The highest BCUT2D eigenvalue weighted by atomic mass is 19.1. The lowest BCUT2D eigenvalue weighted by Crippen LogP contribution is -2.24. The van der Waals surface area contributed by atoms with Crippen molar-refractivity contribution in [2.75, 3.05) is 20.8 Å². The summed E-state index contributed by atoms with van der Waals surface area (Å²) in [6, 6.07) is 11.4. The normalized spacial score (nSPS) is 16.3. The molecule has 0 radical (unpaired) electrons. The maximum Gasteiger partial charge on any atom is 0.258 e. The monoisotopic (exact) mass is 397 g/mol. The van der Waals surface area contributed by atoms with Crippen LogP contribution in [0.1, 0.15) is 23.7 Å². The molecule has 1 aliphatic rings. The number of carbonyl (C=O) groups is 1. The van der Waals surface area contributed by atoms with E-state index in [1.807, 2.05) is 0 Å². The van der Waals surface area contributed by atoms with Crippen LogP contribution in [0.3, 0.4) is 0 Å². The number of methoxy groups -OCH3 is 2. The molecular weight excluding hydrogens is 377 g/mol. The molecule has 0 bridgehead atoms. The van der Waals surface area contributed by atoms with Gasteiger partial charge in [0.05, 0.1) is 14.2 Å². The van der Waals surface area contributed by atoms with Gasteiger partial charge in [0.15, 0.2) is 5.82 Å². The Morgan fingerprint density at radius 1 is 1.14 bits per heavy atom. The van der Waals surface area contributed by atoms with Crippen LogP contribution in [0.4, 0.5) is 4.39 Å². The van der Waals surface area contributed by atoms with Gasteiger partial charge >= 0.3 is 0 Å². The van der Waals surface area contributed by atoms with Crippen molar-refractivity contribution < 1.29 is 23.2 Å². The predicted molar refractivity (Wildman–Crippen MR) is 102 cm³/mol. The number of rotatable bonds is 6. The number of amides is 1. The van der Waals surface area contributed by atoms with Crippen LogP contribution in [0, 0.1) is 5.82 Å². The van der Waals surface area contributed by atoms with Crippen LogP contribution in [0.15, 0.2) is 47.0 Å². The lowest BCUT2D eigenvalue weighted by molar-refractivity contribution is -0.128. The zero-order valence-electron chi connectivity index (χ0n) is 16.1. The second-order valence-corrected chi connectivity index (χ2v) is 6.86. The molecule has 3 aromatic rings. The molecule has 8 heteroatoms. The number of likely N-dealkylation sites (tertiary alicyclic amines) is 1. The van der Waals surface area contributed by atoms with Crippen LogP contribution in [0.5, 0.6) is 11.5 Å². The molecule has 1 unspecified atom stereocenters. The Hall–Kier alpha value is -3.42. The van der Waals surface area contributed by atoms with E-state index in [1.54, 1.807) is 49.5 Å². The lowest BCUT2D eigenvalue weighted by Gasteiger charge is -2.16. The molecule has 1 fully saturated rings. The lowest BCUT2D eigenvalue weighted by atomic mass is 10.1. The van der Waals surface area contributed by atoms with E-state index in [-0.39, 0.29) is 17.6 Å². The minimum absolute atomic E-state index is 0.00808. The van der Waals surface area contributed by atoms with Gasteiger partial charge in [0, 0.05) is 37.1 Å². The first-order chi connectivity index (χ1) is 14.1. The van der Waals surface area contributed by atoms with Crippen molar-refractivity contribution in [3.63, 3.8) is 0 Å². The summed E-state index contributed by atoms with van der Waals surface area (Å²) < 4.78 is 29.0. The number of benzene rings is 2. The number of ether oxygens (including phenoxy) is 2. The smallest absolute Gasteiger partial charge is 0.258 e. The van der Waals surface area contributed by atoms with E-state index >= 15 is 0 Å². The number of carbonyl (C=O) groups excluding carboxylic acids is 1. The van der Waals surface area contributed by atoms with Crippen LogP contribution < -0.4 is 9.47 Å². The third kappa shape index (κ3) is 4.06. The number of aromatic nitrogens is 2. The highest BCUT2D eigenvalue weighted by molar-refractivity contribution is 5.79. The van der Waals surface area contributed by atoms with Gasteiger partial charge in [-0.05, 0) is 29.8 Å². The van der Waals surface area contributed by atoms with E-state index < -0.39 is 0 Å². The molecule has 2 heterocycles. The van der Waals surface area contributed by atoms with Gasteiger partial charge in [0.25, 0.3) is 5.89 Å². The van der Waals surface area contributed by atoms with Crippen LogP contribution in [0.25, 0.3) is 11.5 Å². The van der Waals surface area contributed by atoms with Gasteiger partial charge in [-0.15, -0.1) is 0 Å². The molecule has 1 aliphatic heterocycles. The Labute approximate surface area is 167 Å². The molecule has 0 saturated carbocycles. The minimum atomic E-state index is -0.298. The van der Waals surface area contributed by atoms with E-state index in [1.165, 1.54) is 12.1 Å². The molecule has 0 spiro atoms. The third-order valence-electron chi connectivity index (χ3n) is 4.91. The fraction of sp³-hybridized carbons (Fsp3) is 0.286. The molecule has 2 aromatic carbocycles. The molecule has 4 rings (SSSR count). The first kappa shape index (κ1) is 18.9. The maximum atomic E-state index is 13.1. The third-order valence-corrected chi connectivity index (χ3v) is 4.91. The fourth-order valence-electron chi connectivity index (χ4n) is 3.36. The van der Waals surface area contributed by atoms with Gasteiger partial charge in [-0.2, -0.15) is 4.98 Å². The summed E-state index contributed by atoms with van der Waals surface area (Å²) in [6.45, 7) is 0.907. The maximum absolute atomic E-state index is 13.1. The van der Waals surface area contributed by atoms with Crippen LogP contribution in [0.2, 0.25) is 0 Å². The van der Waals surface area contributed by atoms with Crippen molar-refractivity contribution in [3.8, 4) is 23.0 Å². The quantitative estimate of drug-likeness (QED) is 0.634. The Kier molecular flexibility index (Phi) is 5.16. The van der Waals surface area contributed by atoms with Gasteiger partial charge in [0.2, 0.25) is 5.91 Å². The summed E-state index contributed by atoms with van der Waals surface area (Å²) in [7, 11) is 3.13. The second kappa shape index (κ2) is 7.90. The molecule has 1 saturated heterocycles. The van der Waals surface area contributed by atoms with Crippen LogP contribution in [-0.2, 0) is 11.3 Å². The van der Waals surface area contributed by atoms with Gasteiger partial charge in [-0.1, -0.05) is 17.3 Å². The summed E-state index contributed by atoms with van der Waals surface area (Å²) in [5, 5.41) is 4.08. The van der Waals surface area contributed by atoms with E-state index in [9.17, 15) is 9.18 Å². The van der Waals surface area contributed by atoms with E-state index in [4.69, 9.17) is 14.0 Å². The first-order valence-electron chi connectivity index (χ1n) is 9.15. The summed E-state index contributed by atoms with van der Waals surface area (Å²) >= 11 is 0. The highest BCUT2D eigenvalue weighted by Gasteiger charge is 2.33. The number of hydrogen-bond donors (Lipinski definition) is 0. The first-order valence-corrected chi connectivity index (χ1v) is 9.15. The van der Waals surface area contributed by atoms with Crippen molar-refractivity contribution in [1.82, 2.24) is 15.0 Å². The standard InChI is InChI=1S/C21H20FN3O4/c1-27-17-7-14(8-18(10-17)28-2)21-23-20(24-29-21)15-9-19(26)25(12-15)11-13-3-5-16(22)6-4-13/h3-8,10,15H,9,11-12H2,1-2H3. The number of hydrogen-bond acceptors (Lipinski definition) is 6. The Morgan fingerprint density at radius 2 is 1.83 bits per heavy atom. The predicted octanol–water partition coefficient (Wildman–Crippen LogP) is 3.41. The molecular formula is C21H20FN3O4. The van der Waals surface area contributed by atoms with Gasteiger partial charge < -0.3 is 18.9 Å². The Morgan fingerprint density at radius 3 is 2.48 bits per heavy atom. The van der Waals surface area contributed by atoms with Crippen molar-refractivity contribution in [1.29, 1.82) is 0 Å². The van der Waals surface area contributed by atoms with E-state index in [2.05, 4.69) is 10.1 Å². The molecule has 0 N–H and O–H groups in total. The average Bonchev–Trinajstić information content (AvgIpc) is 3.36. The molecule has 29 heavy (non-hydrogen) atoms. The van der Waals surface area contributed by atoms with Crippen molar-refractivity contribution in [3.05, 3.63) is 59.7 Å². The summed E-state index contributed by atoms with van der Waals surface area (Å²) in [4.78, 5) is 18.6. The number of nitrogens with zero attached hydrogens (tertiary/aromatic N) is 3. The average molecular weight is 397 g/mol. The van der Waals surface area contributed by atoms with Crippen molar-refractivity contribution in [2.45, 2.75) is 18.9 Å². The fourth-order valence-corrected chi connectivity index (χ4v) is 3.36. The Balaban J connectivity index is 1.50. The van der Waals surface area contributed by atoms with Crippen LogP contribution >= 0.6 is 0 Å². The molecule has 150 valence electrons. The second-order valence-electron chi connectivity index (χ2n) is 6.86. The molecule has 7 nitrogen and oxygen atoms in total. The van der Waals surface area contributed by atoms with Crippen molar-refractivity contribution in [2.24, 2.45) is 0 Å². The van der Waals surface area contributed by atoms with Crippen molar-refractivity contribution >= 4 is 5.91 Å². The summed E-state index contributed by atoms with van der Waals surface area (Å²) in [5.41, 5.74) is 1.55. The Bertz CT molecular complexity index is 997. The topological polar surface area (TPSA) is 77.7 Å². The molecule has 0 aliphatic carbocycles. The zero-order chi connectivity index (χ0) is 20.4. The van der Waals surface area contributed by atoms with Gasteiger partial charge in [-0.3, -0.25) is 4.79 Å². The highest BCUT2D eigenvalue weighted by Crippen LogP contribution is 2.32. The van der Waals surface area contributed by atoms with Gasteiger partial charge in [0.1, 0.15) is 17.3 Å². The van der Waals surface area contributed by atoms with Gasteiger partial charge in [-0.25, -0.2) is 4.39 Å². The van der Waals surface area contributed by atoms with E-state index in [0.29, 0.717) is 48.3 Å². The molecule has 1 atom stereocenters. The number of halogens is 1. The zero-order valence-corrected chi connectivity index (χ0v) is 16.1. The minimum Gasteiger partial charge on any atom is -0.497 e. The SMILES string of the molecule is COc1cc(OC)cc(-c2nc(C3CC(=O)N(Cc4ccc(F)cc4)C3)no2)c1. The largest absolute Gasteiger partial charge is 0.497 e. The molecule has 1 aromatic heterocycles.